The molecule has 0 spiro atoms. The van der Waals surface area contributed by atoms with Crippen LogP contribution in [0.2, 0.25) is 0 Å². The first-order chi connectivity index (χ1) is 9.73. The van der Waals surface area contributed by atoms with Gasteiger partial charge in [0.1, 0.15) is 0 Å². The lowest BCUT2D eigenvalue weighted by atomic mass is 9.84. The van der Waals surface area contributed by atoms with Crippen LogP contribution in [0, 0.1) is 5.41 Å². The van der Waals surface area contributed by atoms with Gasteiger partial charge in [0.15, 0.2) is 0 Å². The summed E-state index contributed by atoms with van der Waals surface area (Å²) in [6, 6.07) is 9.59. The smallest absolute Gasteiger partial charge is 0.303 e. The molecule has 1 aromatic carbocycles. The van der Waals surface area contributed by atoms with Crippen LogP contribution in [-0.4, -0.2) is 29.3 Å². The van der Waals surface area contributed by atoms with Crippen molar-refractivity contribution in [1.82, 2.24) is 5.32 Å². The van der Waals surface area contributed by atoms with E-state index in [9.17, 15) is 9.90 Å². The van der Waals surface area contributed by atoms with Crippen molar-refractivity contribution in [1.29, 1.82) is 0 Å². The Hall–Kier alpha value is -1.39. The van der Waals surface area contributed by atoms with Crippen LogP contribution in [0.25, 0.3) is 0 Å². The van der Waals surface area contributed by atoms with Gasteiger partial charge < -0.3 is 15.5 Å². The number of hydrogen-bond donors (Lipinski definition) is 3. The van der Waals surface area contributed by atoms with Crippen molar-refractivity contribution in [2.75, 3.05) is 13.1 Å². The van der Waals surface area contributed by atoms with Crippen molar-refractivity contribution in [3.8, 4) is 0 Å². The second kappa shape index (κ2) is 7.57. The minimum Gasteiger partial charge on any atom is -0.481 e. The lowest BCUT2D eigenvalue weighted by molar-refractivity contribution is -0.137. The fraction of sp³-hybridized carbons (Fsp3) is 0.588. The number of carboxylic acid groups (broad SMARTS) is 1. The molecule has 0 aliphatic rings. The van der Waals surface area contributed by atoms with Gasteiger partial charge in [0.25, 0.3) is 0 Å². The molecule has 0 saturated carbocycles. The molecule has 0 fully saturated rings. The molecule has 0 radical (unpaired) electrons. The second-order valence-electron chi connectivity index (χ2n) is 6.62. The van der Waals surface area contributed by atoms with E-state index in [1.54, 1.807) is 6.92 Å². The van der Waals surface area contributed by atoms with Crippen LogP contribution in [-0.2, 0) is 10.4 Å². The van der Waals surface area contributed by atoms with Crippen molar-refractivity contribution in [3.05, 3.63) is 35.9 Å². The average Bonchev–Trinajstić information content (AvgIpc) is 2.43. The molecule has 0 bridgehead atoms. The first kappa shape index (κ1) is 17.7. The molecule has 1 aromatic rings. The van der Waals surface area contributed by atoms with Crippen molar-refractivity contribution >= 4 is 5.97 Å². The number of benzene rings is 1. The lowest BCUT2D eigenvalue weighted by Crippen LogP contribution is -2.36. The number of aliphatic hydroxyl groups is 1. The number of carbonyl (C=O) groups is 1. The maximum absolute atomic E-state index is 10.6. The van der Waals surface area contributed by atoms with E-state index in [4.69, 9.17) is 5.11 Å². The molecular formula is C17H27NO3. The van der Waals surface area contributed by atoms with Crippen LogP contribution in [0.15, 0.2) is 30.3 Å². The first-order valence-corrected chi connectivity index (χ1v) is 7.43. The van der Waals surface area contributed by atoms with Crippen molar-refractivity contribution in [2.45, 2.75) is 45.6 Å². The summed E-state index contributed by atoms with van der Waals surface area (Å²) < 4.78 is 0. The quantitative estimate of drug-likeness (QED) is 0.612. The van der Waals surface area contributed by atoms with Gasteiger partial charge in [-0.05, 0) is 37.3 Å². The van der Waals surface area contributed by atoms with Crippen LogP contribution in [0.1, 0.15) is 45.6 Å². The summed E-state index contributed by atoms with van der Waals surface area (Å²) in [4.78, 5) is 10.6. The Kier molecular flexibility index (Phi) is 6.37. The zero-order valence-electron chi connectivity index (χ0n) is 13.2. The predicted octanol–water partition coefficient (Wildman–Crippen LogP) is 2.76. The molecule has 0 aromatic heterocycles. The van der Waals surface area contributed by atoms with Crippen LogP contribution in [0.3, 0.4) is 0 Å². The predicted molar refractivity (Wildman–Crippen MR) is 84.2 cm³/mol. The normalized spacial score (nSPS) is 14.7. The molecule has 0 aliphatic heterocycles. The molecule has 0 heterocycles. The van der Waals surface area contributed by atoms with E-state index in [2.05, 4.69) is 19.2 Å². The monoisotopic (exact) mass is 293 g/mol. The van der Waals surface area contributed by atoms with Crippen molar-refractivity contribution in [2.24, 2.45) is 5.41 Å². The highest BCUT2D eigenvalue weighted by molar-refractivity contribution is 5.66. The van der Waals surface area contributed by atoms with Gasteiger partial charge in [0, 0.05) is 13.0 Å². The molecule has 21 heavy (non-hydrogen) atoms. The van der Waals surface area contributed by atoms with Gasteiger partial charge in [-0.15, -0.1) is 0 Å². The highest BCUT2D eigenvalue weighted by Gasteiger charge is 2.23. The summed E-state index contributed by atoms with van der Waals surface area (Å²) in [7, 11) is 0. The summed E-state index contributed by atoms with van der Waals surface area (Å²) in [6.07, 6.45) is 1.75. The van der Waals surface area contributed by atoms with Crippen molar-refractivity contribution < 1.29 is 15.0 Å². The van der Waals surface area contributed by atoms with E-state index in [1.807, 2.05) is 30.3 Å². The van der Waals surface area contributed by atoms with Gasteiger partial charge in [0.05, 0.1) is 5.60 Å². The van der Waals surface area contributed by atoms with Crippen LogP contribution < -0.4 is 5.32 Å². The van der Waals surface area contributed by atoms with E-state index < -0.39 is 11.6 Å². The molecule has 1 unspecified atom stereocenters. The number of aliphatic carboxylic acids is 1. The highest BCUT2D eigenvalue weighted by atomic mass is 16.4. The van der Waals surface area contributed by atoms with Gasteiger partial charge in [-0.25, -0.2) is 0 Å². The van der Waals surface area contributed by atoms with Gasteiger partial charge in [-0.1, -0.05) is 44.2 Å². The molecule has 4 heteroatoms. The van der Waals surface area contributed by atoms with E-state index in [1.165, 1.54) is 0 Å². The Morgan fingerprint density at radius 1 is 1.14 bits per heavy atom. The average molecular weight is 293 g/mol. The number of rotatable bonds is 9. The molecule has 118 valence electrons. The third-order valence-electron chi connectivity index (χ3n) is 3.86. The van der Waals surface area contributed by atoms with Crippen LogP contribution in [0.4, 0.5) is 0 Å². The topological polar surface area (TPSA) is 69.6 Å². The Bertz CT molecular complexity index is 441. The SMILES string of the molecule is CC(C)(CCNCC(C)(O)c1ccccc1)CCC(=O)O. The number of hydrogen-bond acceptors (Lipinski definition) is 3. The Labute approximate surface area is 127 Å². The summed E-state index contributed by atoms with van der Waals surface area (Å²) in [5, 5.41) is 22.5. The largest absolute Gasteiger partial charge is 0.481 e. The molecule has 3 N–H and O–H groups in total. The lowest BCUT2D eigenvalue weighted by Gasteiger charge is -2.27. The van der Waals surface area contributed by atoms with E-state index in [0.29, 0.717) is 13.0 Å². The van der Waals surface area contributed by atoms with E-state index in [-0.39, 0.29) is 11.8 Å². The summed E-state index contributed by atoms with van der Waals surface area (Å²) >= 11 is 0. The van der Waals surface area contributed by atoms with Gasteiger partial charge in [-0.3, -0.25) is 4.79 Å². The minimum atomic E-state index is -0.896. The Balaban J connectivity index is 2.35. The summed E-state index contributed by atoms with van der Waals surface area (Å²) in [5.74, 6) is -0.747. The van der Waals surface area contributed by atoms with E-state index >= 15 is 0 Å². The Morgan fingerprint density at radius 3 is 2.33 bits per heavy atom. The van der Waals surface area contributed by atoms with Crippen molar-refractivity contribution in [3.63, 3.8) is 0 Å². The summed E-state index contributed by atoms with van der Waals surface area (Å²) in [6.45, 7) is 7.19. The van der Waals surface area contributed by atoms with Crippen LogP contribution in [0.5, 0.6) is 0 Å². The summed E-state index contributed by atoms with van der Waals surface area (Å²) in [5.41, 5.74) is -0.0150. The fourth-order valence-corrected chi connectivity index (χ4v) is 2.23. The number of nitrogens with one attached hydrogen (secondary N) is 1. The molecule has 0 saturated heterocycles. The molecule has 4 nitrogen and oxygen atoms in total. The second-order valence-corrected chi connectivity index (χ2v) is 6.62. The fourth-order valence-electron chi connectivity index (χ4n) is 2.23. The molecule has 0 aliphatic carbocycles. The third-order valence-corrected chi connectivity index (χ3v) is 3.86. The standard InChI is InChI=1S/C17H27NO3/c1-16(2,10-9-15(19)20)11-12-18-13-17(3,21)14-7-5-4-6-8-14/h4-8,18,21H,9-13H2,1-3H3,(H,19,20). The van der Waals surface area contributed by atoms with Gasteiger partial charge in [0.2, 0.25) is 0 Å². The molecule has 1 rings (SSSR count). The van der Waals surface area contributed by atoms with Gasteiger partial charge in [-0.2, -0.15) is 0 Å². The van der Waals surface area contributed by atoms with Gasteiger partial charge >= 0.3 is 5.97 Å². The number of carboxylic acids is 1. The molecular weight excluding hydrogens is 266 g/mol. The highest BCUT2D eigenvalue weighted by Crippen LogP contribution is 2.26. The van der Waals surface area contributed by atoms with E-state index in [0.717, 1.165) is 18.5 Å². The van der Waals surface area contributed by atoms with Crippen LogP contribution >= 0.6 is 0 Å². The zero-order chi connectivity index (χ0) is 15.9. The molecule has 0 amide bonds. The molecule has 1 atom stereocenters. The third kappa shape index (κ3) is 6.74. The maximum atomic E-state index is 10.6. The maximum Gasteiger partial charge on any atom is 0.303 e. The zero-order valence-corrected chi connectivity index (χ0v) is 13.2. The Morgan fingerprint density at radius 2 is 1.76 bits per heavy atom. The minimum absolute atomic E-state index is 0.00993. The first-order valence-electron chi connectivity index (χ1n) is 7.43.